The molecule has 6 heteroatoms. The Morgan fingerprint density at radius 1 is 1.21 bits per heavy atom. The van der Waals surface area contributed by atoms with Crippen molar-refractivity contribution >= 4 is 11.9 Å². The second kappa shape index (κ2) is 6.34. The number of aliphatic hydroxyl groups excluding tert-OH is 1. The number of carboxylic acid groups (broad SMARTS) is 1. The highest BCUT2D eigenvalue weighted by Gasteiger charge is 2.34. The molecule has 0 spiro atoms. The molecule has 19 heavy (non-hydrogen) atoms. The summed E-state index contributed by atoms with van der Waals surface area (Å²) in [6.45, 7) is -0.236. The van der Waals surface area contributed by atoms with Crippen molar-refractivity contribution in [2.75, 3.05) is 6.54 Å². The van der Waals surface area contributed by atoms with Gasteiger partial charge in [-0.05, 0) is 31.6 Å². The molecule has 2 aliphatic rings. The lowest BCUT2D eigenvalue weighted by atomic mass is 9.77. The van der Waals surface area contributed by atoms with Crippen LogP contribution in [-0.4, -0.2) is 46.8 Å². The third-order valence-electron chi connectivity index (χ3n) is 4.22. The molecule has 0 aromatic rings. The fourth-order valence-corrected chi connectivity index (χ4v) is 3.11. The van der Waals surface area contributed by atoms with Crippen LogP contribution in [0.2, 0.25) is 0 Å². The number of hydrogen-bond acceptors (Lipinski definition) is 4. The Kier molecular flexibility index (Phi) is 4.76. The molecule has 1 amide bonds. The fourth-order valence-electron chi connectivity index (χ4n) is 3.11. The first-order chi connectivity index (χ1) is 9.08. The first kappa shape index (κ1) is 14.3. The molecule has 2 fully saturated rings. The predicted molar refractivity (Wildman–Crippen MR) is 68.6 cm³/mol. The lowest BCUT2D eigenvalue weighted by molar-refractivity contribution is -0.146. The first-order valence-electron chi connectivity index (χ1n) is 7.02. The van der Waals surface area contributed by atoms with Crippen LogP contribution in [-0.2, 0) is 9.59 Å². The maximum absolute atomic E-state index is 11.9. The van der Waals surface area contributed by atoms with E-state index < -0.39 is 12.1 Å². The fraction of sp³-hybridized carbons (Fsp3) is 0.846. The SMILES string of the molecule is O=C(NC[C@H](O)C(=O)O)C1CCC2CCCCC2N1. The molecule has 1 heterocycles. The van der Waals surface area contributed by atoms with Crippen LogP contribution >= 0.6 is 0 Å². The number of rotatable bonds is 4. The molecule has 1 aliphatic heterocycles. The number of nitrogens with one attached hydrogen (secondary N) is 2. The number of carbonyl (C=O) groups excluding carboxylic acids is 1. The monoisotopic (exact) mass is 270 g/mol. The van der Waals surface area contributed by atoms with Crippen LogP contribution in [0.4, 0.5) is 0 Å². The number of aliphatic hydroxyl groups is 1. The number of carbonyl (C=O) groups is 2. The van der Waals surface area contributed by atoms with Crippen LogP contribution in [0.1, 0.15) is 38.5 Å². The van der Waals surface area contributed by atoms with E-state index in [0.717, 1.165) is 19.3 Å². The molecule has 0 aromatic heterocycles. The summed E-state index contributed by atoms with van der Waals surface area (Å²) in [6.07, 6.45) is 5.16. The number of aliphatic carboxylic acids is 1. The van der Waals surface area contributed by atoms with Crippen molar-refractivity contribution in [1.82, 2.24) is 10.6 Å². The third kappa shape index (κ3) is 3.67. The van der Waals surface area contributed by atoms with Gasteiger partial charge in [0.25, 0.3) is 0 Å². The van der Waals surface area contributed by atoms with Gasteiger partial charge in [0.15, 0.2) is 6.10 Å². The first-order valence-corrected chi connectivity index (χ1v) is 7.02. The van der Waals surface area contributed by atoms with Gasteiger partial charge in [0.1, 0.15) is 0 Å². The van der Waals surface area contributed by atoms with E-state index in [-0.39, 0.29) is 18.5 Å². The van der Waals surface area contributed by atoms with Crippen LogP contribution in [0, 0.1) is 5.92 Å². The topological polar surface area (TPSA) is 98.7 Å². The largest absolute Gasteiger partial charge is 0.479 e. The minimum atomic E-state index is -1.53. The summed E-state index contributed by atoms with van der Waals surface area (Å²) in [5.74, 6) is -0.837. The number of amides is 1. The number of fused-ring (bicyclic) bond motifs is 1. The van der Waals surface area contributed by atoms with Crippen LogP contribution in [0.25, 0.3) is 0 Å². The van der Waals surface area contributed by atoms with Gasteiger partial charge in [0.2, 0.25) is 5.91 Å². The summed E-state index contributed by atoms with van der Waals surface area (Å²) in [5.41, 5.74) is 0. The molecule has 1 aliphatic carbocycles. The van der Waals surface area contributed by atoms with Crippen molar-refractivity contribution in [2.24, 2.45) is 5.92 Å². The van der Waals surface area contributed by atoms with Gasteiger partial charge in [-0.25, -0.2) is 4.79 Å². The Morgan fingerprint density at radius 2 is 1.95 bits per heavy atom. The molecule has 0 aromatic carbocycles. The van der Waals surface area contributed by atoms with Gasteiger partial charge in [-0.3, -0.25) is 4.79 Å². The summed E-state index contributed by atoms with van der Waals surface area (Å²) in [6, 6.07) is 0.169. The van der Waals surface area contributed by atoms with Crippen molar-refractivity contribution in [3.05, 3.63) is 0 Å². The van der Waals surface area contributed by atoms with E-state index in [9.17, 15) is 9.59 Å². The minimum absolute atomic E-state index is 0.204. The zero-order valence-electron chi connectivity index (χ0n) is 11.0. The van der Waals surface area contributed by atoms with Crippen molar-refractivity contribution in [1.29, 1.82) is 0 Å². The number of piperidine rings is 1. The van der Waals surface area contributed by atoms with E-state index in [4.69, 9.17) is 10.2 Å². The van der Waals surface area contributed by atoms with E-state index in [1.165, 1.54) is 19.3 Å². The van der Waals surface area contributed by atoms with Crippen LogP contribution < -0.4 is 10.6 Å². The zero-order valence-corrected chi connectivity index (χ0v) is 11.0. The Labute approximate surface area is 112 Å². The van der Waals surface area contributed by atoms with Crippen LogP contribution in [0.15, 0.2) is 0 Å². The molecular weight excluding hydrogens is 248 g/mol. The van der Waals surface area contributed by atoms with Crippen LogP contribution in [0.5, 0.6) is 0 Å². The average molecular weight is 270 g/mol. The Balaban J connectivity index is 1.78. The highest BCUT2D eigenvalue weighted by atomic mass is 16.4. The highest BCUT2D eigenvalue weighted by molar-refractivity contribution is 5.82. The Morgan fingerprint density at radius 3 is 2.68 bits per heavy atom. The highest BCUT2D eigenvalue weighted by Crippen LogP contribution is 2.32. The van der Waals surface area contributed by atoms with Gasteiger partial charge >= 0.3 is 5.97 Å². The Bertz CT molecular complexity index is 348. The van der Waals surface area contributed by atoms with Crippen molar-refractivity contribution in [2.45, 2.75) is 56.7 Å². The van der Waals surface area contributed by atoms with E-state index in [1.54, 1.807) is 0 Å². The Hall–Kier alpha value is -1.14. The van der Waals surface area contributed by atoms with E-state index >= 15 is 0 Å². The van der Waals surface area contributed by atoms with Crippen LogP contribution in [0.3, 0.4) is 0 Å². The second-order valence-corrected chi connectivity index (χ2v) is 5.55. The summed E-state index contributed by atoms with van der Waals surface area (Å²) in [7, 11) is 0. The second-order valence-electron chi connectivity index (χ2n) is 5.55. The van der Waals surface area contributed by atoms with Crippen molar-refractivity contribution in [3.8, 4) is 0 Å². The summed E-state index contributed by atoms with van der Waals surface area (Å²) < 4.78 is 0. The quantitative estimate of drug-likeness (QED) is 0.570. The summed E-state index contributed by atoms with van der Waals surface area (Å²) >= 11 is 0. The van der Waals surface area contributed by atoms with Gasteiger partial charge in [-0.15, -0.1) is 0 Å². The molecule has 108 valence electrons. The van der Waals surface area contributed by atoms with Gasteiger partial charge in [-0.1, -0.05) is 12.8 Å². The molecule has 4 atom stereocenters. The summed E-state index contributed by atoms with van der Waals surface area (Å²) in [5, 5.41) is 23.5. The van der Waals surface area contributed by atoms with E-state index in [2.05, 4.69) is 10.6 Å². The van der Waals surface area contributed by atoms with Crippen molar-refractivity contribution in [3.63, 3.8) is 0 Å². The van der Waals surface area contributed by atoms with Gasteiger partial charge in [-0.2, -0.15) is 0 Å². The van der Waals surface area contributed by atoms with E-state index in [0.29, 0.717) is 12.0 Å². The minimum Gasteiger partial charge on any atom is -0.479 e. The molecule has 4 N–H and O–H groups in total. The number of hydrogen-bond donors (Lipinski definition) is 4. The number of carboxylic acids is 1. The molecule has 6 nitrogen and oxygen atoms in total. The van der Waals surface area contributed by atoms with Crippen molar-refractivity contribution < 1.29 is 19.8 Å². The smallest absolute Gasteiger partial charge is 0.334 e. The molecular formula is C13H22N2O4. The maximum atomic E-state index is 11.9. The molecule has 1 saturated carbocycles. The zero-order chi connectivity index (χ0) is 13.8. The van der Waals surface area contributed by atoms with E-state index in [1.807, 2.05) is 0 Å². The third-order valence-corrected chi connectivity index (χ3v) is 4.22. The molecule has 2 rings (SSSR count). The average Bonchev–Trinajstić information content (AvgIpc) is 2.43. The molecule has 1 saturated heterocycles. The van der Waals surface area contributed by atoms with Gasteiger partial charge < -0.3 is 20.8 Å². The van der Waals surface area contributed by atoms with Gasteiger partial charge in [0, 0.05) is 6.04 Å². The lowest BCUT2D eigenvalue weighted by Gasteiger charge is -2.39. The maximum Gasteiger partial charge on any atom is 0.334 e. The standard InChI is InChI=1S/C13H22N2O4/c16-11(13(18)19)7-14-12(17)10-6-5-8-3-1-2-4-9(8)15-10/h8-11,15-16H,1-7H2,(H,14,17)(H,18,19)/t8?,9?,10?,11-/m0/s1. The molecule has 3 unspecified atom stereocenters. The summed E-state index contributed by atoms with van der Waals surface area (Å²) in [4.78, 5) is 22.4. The lowest BCUT2D eigenvalue weighted by Crippen LogP contribution is -2.55. The molecule has 0 radical (unpaired) electrons. The predicted octanol–water partition coefficient (Wildman–Crippen LogP) is -0.141. The van der Waals surface area contributed by atoms with Gasteiger partial charge in [0.05, 0.1) is 12.6 Å². The normalized spacial score (nSPS) is 32.2. The molecule has 0 bridgehead atoms.